The fourth-order valence-electron chi connectivity index (χ4n) is 5.14. The number of phenols is 2. The van der Waals surface area contributed by atoms with E-state index in [0.29, 0.717) is 43.2 Å². The maximum absolute atomic E-state index is 12.8. The minimum atomic E-state index is -4.17. The molecule has 3 N–H and O–H groups in total. The van der Waals surface area contributed by atoms with Crippen LogP contribution in [0.2, 0.25) is 0 Å². The molecule has 1 aliphatic rings. The van der Waals surface area contributed by atoms with Crippen LogP contribution in [0.25, 0.3) is 20.5 Å². The number of aromatic hydroxyl groups is 2. The van der Waals surface area contributed by atoms with Crippen LogP contribution in [0.3, 0.4) is 0 Å². The molecule has 1 aromatic heterocycles. The number of nitrogens with one attached hydrogen (secondary N) is 1. The first-order chi connectivity index (χ1) is 20.2. The van der Waals surface area contributed by atoms with Crippen molar-refractivity contribution in [2.75, 3.05) is 13.2 Å². The lowest BCUT2D eigenvalue weighted by atomic mass is 9.81. The lowest BCUT2D eigenvalue weighted by molar-refractivity contribution is -0.184. The standard InChI is InChI=1S/C32H32F3NO5S/c33-32(34,35)22-7-3-21(4-8-22)31(39)36-17-1-2-18-40-25-12-14-26(15-13-25)41-29-27-16-11-24(38)19-28(27)42-30(29)20-5-9-23(37)10-6-20/h5-6,9-16,19,21-22,37-38H,1-4,7-8,17-18H2,(H,36,39). The molecule has 3 aromatic carbocycles. The molecule has 0 bridgehead atoms. The quantitative estimate of drug-likeness (QED) is 0.159. The molecule has 42 heavy (non-hydrogen) atoms. The van der Waals surface area contributed by atoms with Crippen molar-refractivity contribution in [3.63, 3.8) is 0 Å². The van der Waals surface area contributed by atoms with E-state index in [1.54, 1.807) is 24.3 Å². The fourth-order valence-corrected chi connectivity index (χ4v) is 6.31. The Morgan fingerprint density at radius 2 is 1.55 bits per heavy atom. The van der Waals surface area contributed by atoms with E-state index in [9.17, 15) is 28.2 Å². The first kappa shape index (κ1) is 29.6. The Kier molecular flexibility index (Phi) is 9.11. The number of carbonyl (C=O) groups excluding carboxylic acids is 1. The predicted molar refractivity (Wildman–Crippen MR) is 156 cm³/mol. The fraction of sp³-hybridized carbons (Fsp3) is 0.344. The molecule has 0 aliphatic heterocycles. The molecule has 5 rings (SSSR count). The number of halogens is 3. The maximum atomic E-state index is 12.8. The molecule has 0 saturated heterocycles. The number of rotatable bonds is 10. The number of fused-ring (bicyclic) bond motifs is 1. The highest BCUT2D eigenvalue weighted by Gasteiger charge is 2.42. The molecule has 10 heteroatoms. The van der Waals surface area contributed by atoms with Crippen LogP contribution in [0.1, 0.15) is 38.5 Å². The zero-order valence-corrected chi connectivity index (χ0v) is 23.6. The van der Waals surface area contributed by atoms with Gasteiger partial charge in [0.2, 0.25) is 5.91 Å². The molecule has 1 amide bonds. The number of benzene rings is 3. The summed E-state index contributed by atoms with van der Waals surface area (Å²) in [7, 11) is 0. The third-order valence-corrected chi connectivity index (χ3v) is 8.68. The number of amides is 1. The summed E-state index contributed by atoms with van der Waals surface area (Å²) in [6.45, 7) is 0.917. The molecule has 0 atom stereocenters. The number of alkyl halides is 3. The minimum absolute atomic E-state index is 0.0211. The number of phenolic OH excluding ortho intramolecular Hbond substituents is 2. The molecule has 0 spiro atoms. The summed E-state index contributed by atoms with van der Waals surface area (Å²) in [4.78, 5) is 13.2. The van der Waals surface area contributed by atoms with Crippen LogP contribution in [0.5, 0.6) is 28.7 Å². The Labute approximate surface area is 245 Å². The molecular weight excluding hydrogens is 567 g/mol. The van der Waals surface area contributed by atoms with Gasteiger partial charge < -0.3 is 25.0 Å². The third kappa shape index (κ3) is 7.28. The van der Waals surface area contributed by atoms with Crippen molar-refractivity contribution < 1.29 is 37.7 Å². The van der Waals surface area contributed by atoms with Crippen LogP contribution in [0.15, 0.2) is 66.7 Å². The molecule has 1 fully saturated rings. The second kappa shape index (κ2) is 12.9. The van der Waals surface area contributed by atoms with Crippen LogP contribution >= 0.6 is 11.3 Å². The molecule has 0 radical (unpaired) electrons. The first-order valence-electron chi connectivity index (χ1n) is 14.0. The van der Waals surface area contributed by atoms with Gasteiger partial charge in [0.25, 0.3) is 0 Å². The van der Waals surface area contributed by atoms with Gasteiger partial charge in [-0.25, -0.2) is 0 Å². The summed E-state index contributed by atoms with van der Waals surface area (Å²) in [5, 5.41) is 23.4. The lowest BCUT2D eigenvalue weighted by Gasteiger charge is -2.29. The van der Waals surface area contributed by atoms with Gasteiger partial charge in [-0.3, -0.25) is 4.79 Å². The Balaban J connectivity index is 1.09. The van der Waals surface area contributed by atoms with Gasteiger partial charge >= 0.3 is 6.18 Å². The Morgan fingerprint density at radius 1 is 0.881 bits per heavy atom. The Hall–Kier alpha value is -3.92. The molecule has 1 saturated carbocycles. The van der Waals surface area contributed by atoms with Crippen molar-refractivity contribution >= 4 is 27.3 Å². The number of carbonyl (C=O) groups is 1. The second-order valence-electron chi connectivity index (χ2n) is 10.5. The monoisotopic (exact) mass is 599 g/mol. The van der Waals surface area contributed by atoms with Gasteiger partial charge in [-0.2, -0.15) is 13.2 Å². The molecule has 222 valence electrons. The van der Waals surface area contributed by atoms with Crippen molar-refractivity contribution in [3.05, 3.63) is 66.7 Å². The summed E-state index contributed by atoms with van der Waals surface area (Å²) in [6, 6.07) is 19.3. The second-order valence-corrected chi connectivity index (χ2v) is 11.6. The van der Waals surface area contributed by atoms with E-state index in [0.717, 1.165) is 20.5 Å². The average Bonchev–Trinajstić information content (AvgIpc) is 3.32. The third-order valence-electron chi connectivity index (χ3n) is 7.50. The topological polar surface area (TPSA) is 88.0 Å². The van der Waals surface area contributed by atoms with Gasteiger partial charge in [0, 0.05) is 22.5 Å². The van der Waals surface area contributed by atoms with E-state index >= 15 is 0 Å². The van der Waals surface area contributed by atoms with Gasteiger partial charge in [0.1, 0.15) is 23.0 Å². The van der Waals surface area contributed by atoms with E-state index in [2.05, 4.69) is 5.32 Å². The van der Waals surface area contributed by atoms with Crippen molar-refractivity contribution in [3.8, 4) is 39.2 Å². The highest BCUT2D eigenvalue weighted by atomic mass is 32.1. The van der Waals surface area contributed by atoms with E-state index in [-0.39, 0.29) is 49.0 Å². The lowest BCUT2D eigenvalue weighted by Crippen LogP contribution is -2.36. The van der Waals surface area contributed by atoms with E-state index in [1.807, 2.05) is 42.5 Å². The summed E-state index contributed by atoms with van der Waals surface area (Å²) in [6.07, 6.45) is -2.15. The van der Waals surface area contributed by atoms with Crippen molar-refractivity contribution in [1.82, 2.24) is 5.32 Å². The zero-order valence-electron chi connectivity index (χ0n) is 22.8. The Morgan fingerprint density at radius 3 is 2.24 bits per heavy atom. The molecule has 0 unspecified atom stereocenters. The highest BCUT2D eigenvalue weighted by Crippen LogP contribution is 2.47. The number of hydrogen-bond acceptors (Lipinski definition) is 6. The molecule has 4 aromatic rings. The smallest absolute Gasteiger partial charge is 0.391 e. The molecule has 1 heterocycles. The summed E-state index contributed by atoms with van der Waals surface area (Å²) < 4.78 is 51.5. The molecule has 6 nitrogen and oxygen atoms in total. The van der Waals surface area contributed by atoms with Crippen LogP contribution < -0.4 is 14.8 Å². The van der Waals surface area contributed by atoms with E-state index < -0.39 is 12.1 Å². The summed E-state index contributed by atoms with van der Waals surface area (Å²) >= 11 is 1.49. The van der Waals surface area contributed by atoms with Gasteiger partial charge in [0.05, 0.1) is 17.4 Å². The van der Waals surface area contributed by atoms with Crippen molar-refractivity contribution in [2.24, 2.45) is 11.8 Å². The van der Waals surface area contributed by atoms with Gasteiger partial charge in [-0.15, -0.1) is 11.3 Å². The Bertz CT molecular complexity index is 1490. The highest BCUT2D eigenvalue weighted by molar-refractivity contribution is 7.22. The number of hydrogen-bond donors (Lipinski definition) is 3. The number of thiophene rings is 1. The maximum Gasteiger partial charge on any atom is 0.391 e. The van der Waals surface area contributed by atoms with Crippen molar-refractivity contribution in [1.29, 1.82) is 0 Å². The first-order valence-corrected chi connectivity index (χ1v) is 14.8. The predicted octanol–water partition coefficient (Wildman–Crippen LogP) is 8.42. The van der Waals surface area contributed by atoms with Crippen molar-refractivity contribution in [2.45, 2.75) is 44.7 Å². The number of ether oxygens (including phenoxy) is 2. The van der Waals surface area contributed by atoms with E-state index in [1.165, 1.54) is 11.3 Å². The number of unbranched alkanes of at least 4 members (excludes halogenated alkanes) is 1. The van der Waals surface area contributed by atoms with Crippen LogP contribution in [-0.4, -0.2) is 35.4 Å². The van der Waals surface area contributed by atoms with Gasteiger partial charge in [-0.05, 0) is 111 Å². The van der Waals surface area contributed by atoms with E-state index in [4.69, 9.17) is 9.47 Å². The summed E-state index contributed by atoms with van der Waals surface area (Å²) in [5.41, 5.74) is 0.883. The molecular formula is C32H32F3NO5S. The summed E-state index contributed by atoms with van der Waals surface area (Å²) in [5.74, 6) is 0.508. The van der Waals surface area contributed by atoms with Gasteiger partial charge in [0.15, 0.2) is 5.75 Å². The van der Waals surface area contributed by atoms with Crippen LogP contribution in [0.4, 0.5) is 13.2 Å². The minimum Gasteiger partial charge on any atom is -0.508 e. The average molecular weight is 600 g/mol. The molecule has 1 aliphatic carbocycles. The van der Waals surface area contributed by atoms with Crippen LogP contribution in [-0.2, 0) is 4.79 Å². The zero-order chi connectivity index (χ0) is 29.7. The SMILES string of the molecule is O=C(NCCCCOc1ccc(Oc2c(-c3ccc(O)cc3)sc3cc(O)ccc23)cc1)C1CCC(C(F)(F)F)CC1. The van der Waals surface area contributed by atoms with Crippen LogP contribution in [0, 0.1) is 11.8 Å². The normalized spacial score (nSPS) is 17.2. The van der Waals surface area contributed by atoms with Gasteiger partial charge in [-0.1, -0.05) is 0 Å². The largest absolute Gasteiger partial charge is 0.508 e.